The molecule has 2 unspecified atom stereocenters. The summed E-state index contributed by atoms with van der Waals surface area (Å²) in [4.78, 5) is 4.25. The van der Waals surface area contributed by atoms with Crippen LogP contribution in [0.3, 0.4) is 0 Å². The molecular weight excluding hydrogens is 315 g/mol. The van der Waals surface area contributed by atoms with Crippen molar-refractivity contribution >= 4 is 21.9 Å². The molecule has 22 heavy (non-hydrogen) atoms. The number of halogens is 3. The van der Waals surface area contributed by atoms with Crippen molar-refractivity contribution in [2.75, 3.05) is 0 Å². The Kier molecular flexibility index (Phi) is 4.91. The highest BCUT2D eigenvalue weighted by atomic mass is 32.2. The molecule has 2 aromatic heterocycles. The molecule has 0 aliphatic heterocycles. The van der Waals surface area contributed by atoms with Crippen LogP contribution in [0.15, 0.2) is 24.5 Å². The zero-order chi connectivity index (χ0) is 16.5. The molecule has 0 amide bonds. The number of fused-ring (bicyclic) bond motifs is 1. The second kappa shape index (κ2) is 6.37. The molecule has 0 saturated carbocycles. The van der Waals surface area contributed by atoms with Crippen LogP contribution < -0.4 is 5.14 Å². The van der Waals surface area contributed by atoms with Gasteiger partial charge in [0.1, 0.15) is 6.54 Å². The van der Waals surface area contributed by atoms with Crippen LogP contribution in [0.4, 0.5) is 13.2 Å². The van der Waals surface area contributed by atoms with Crippen LogP contribution in [-0.4, -0.2) is 25.2 Å². The Bertz CT molecular complexity index is 684. The van der Waals surface area contributed by atoms with Gasteiger partial charge < -0.3 is 4.57 Å². The van der Waals surface area contributed by atoms with Crippen LogP contribution in [0.5, 0.6) is 0 Å². The van der Waals surface area contributed by atoms with E-state index in [1.54, 1.807) is 19.1 Å². The summed E-state index contributed by atoms with van der Waals surface area (Å²) in [6, 6.07) is 3.42. The second-order valence-electron chi connectivity index (χ2n) is 5.50. The predicted octanol–water partition coefficient (Wildman–Crippen LogP) is 3.10. The quantitative estimate of drug-likeness (QED) is 0.914. The Morgan fingerprint density at radius 3 is 2.68 bits per heavy atom. The first-order valence-corrected chi connectivity index (χ1v) is 8.11. The highest BCUT2D eigenvalue weighted by molar-refractivity contribution is 7.83. The molecule has 0 aromatic carbocycles. The number of alkyl halides is 3. The van der Waals surface area contributed by atoms with E-state index >= 15 is 0 Å². The molecule has 0 spiro atoms. The lowest BCUT2D eigenvalue weighted by Gasteiger charge is -2.15. The van der Waals surface area contributed by atoms with Crippen molar-refractivity contribution in [1.29, 1.82) is 0 Å². The third-order valence-electron chi connectivity index (χ3n) is 3.62. The van der Waals surface area contributed by atoms with Crippen molar-refractivity contribution in [1.82, 2.24) is 9.55 Å². The number of nitrogens with zero attached hydrogens (tertiary/aromatic N) is 2. The third kappa shape index (κ3) is 4.07. The van der Waals surface area contributed by atoms with Crippen LogP contribution in [0, 0.1) is 0 Å². The number of rotatable bonds is 5. The van der Waals surface area contributed by atoms with E-state index in [9.17, 15) is 17.4 Å². The minimum Gasteiger partial charge on any atom is -0.337 e. The van der Waals surface area contributed by atoms with Crippen molar-refractivity contribution in [2.45, 2.75) is 44.2 Å². The zero-order valence-electron chi connectivity index (χ0n) is 12.3. The summed E-state index contributed by atoms with van der Waals surface area (Å²) in [6.07, 6.45) is -0.799. The van der Waals surface area contributed by atoms with Crippen molar-refractivity contribution in [3.63, 3.8) is 0 Å². The van der Waals surface area contributed by atoms with Gasteiger partial charge in [-0.2, -0.15) is 13.2 Å². The molecule has 3 atom stereocenters. The summed E-state index contributed by atoms with van der Waals surface area (Å²) in [6.45, 7) is 2.70. The van der Waals surface area contributed by atoms with E-state index in [4.69, 9.17) is 5.14 Å². The van der Waals surface area contributed by atoms with Crippen LogP contribution in [0.1, 0.15) is 31.9 Å². The molecule has 0 bridgehead atoms. The maximum absolute atomic E-state index is 12.5. The van der Waals surface area contributed by atoms with Gasteiger partial charge in [0.05, 0.1) is 22.7 Å². The summed E-state index contributed by atoms with van der Waals surface area (Å²) < 4.78 is 49.8. The second-order valence-corrected chi connectivity index (χ2v) is 6.96. The zero-order valence-corrected chi connectivity index (χ0v) is 13.1. The first-order valence-electron chi connectivity index (χ1n) is 6.84. The van der Waals surface area contributed by atoms with Crippen molar-refractivity contribution < 1.29 is 17.4 Å². The minimum atomic E-state index is -4.27. The summed E-state index contributed by atoms with van der Waals surface area (Å²) in [5.74, 6) is 0.0258. The molecule has 2 heterocycles. The maximum Gasteiger partial charge on any atom is 0.406 e. The van der Waals surface area contributed by atoms with E-state index in [0.717, 1.165) is 10.3 Å². The first-order chi connectivity index (χ1) is 10.2. The Balaban J connectivity index is 2.23. The Hall–Kier alpha value is -1.41. The van der Waals surface area contributed by atoms with E-state index < -0.39 is 23.7 Å². The van der Waals surface area contributed by atoms with Gasteiger partial charge in [-0.05, 0) is 31.4 Å². The minimum absolute atomic E-state index is 0.0258. The number of hydrogen-bond acceptors (Lipinski definition) is 2. The van der Waals surface area contributed by atoms with E-state index in [1.165, 1.54) is 12.4 Å². The van der Waals surface area contributed by atoms with Gasteiger partial charge in [-0.15, -0.1) is 0 Å². The molecule has 0 aliphatic carbocycles. The van der Waals surface area contributed by atoms with Crippen LogP contribution in [0.2, 0.25) is 0 Å². The third-order valence-corrected chi connectivity index (χ3v) is 4.60. The smallest absolute Gasteiger partial charge is 0.337 e. The Morgan fingerprint density at radius 1 is 1.41 bits per heavy atom. The van der Waals surface area contributed by atoms with Crippen LogP contribution >= 0.6 is 0 Å². The lowest BCUT2D eigenvalue weighted by Crippen LogP contribution is -2.20. The summed E-state index contributed by atoms with van der Waals surface area (Å²) in [5, 5.41) is 5.90. The lowest BCUT2D eigenvalue weighted by atomic mass is 10.0. The molecule has 0 fully saturated rings. The predicted molar refractivity (Wildman–Crippen MR) is 80.6 cm³/mol. The largest absolute Gasteiger partial charge is 0.406 e. The molecule has 2 aromatic rings. The van der Waals surface area contributed by atoms with Crippen molar-refractivity contribution in [2.24, 2.45) is 5.14 Å². The highest BCUT2D eigenvalue weighted by Gasteiger charge is 2.28. The summed E-state index contributed by atoms with van der Waals surface area (Å²) in [5.41, 5.74) is 1.21. The van der Waals surface area contributed by atoms with Gasteiger partial charge in [-0.3, -0.25) is 10.1 Å². The maximum atomic E-state index is 12.5. The van der Waals surface area contributed by atoms with Gasteiger partial charge in [0.25, 0.3) is 0 Å². The Labute approximate surface area is 129 Å². The number of pyridine rings is 1. The lowest BCUT2D eigenvalue weighted by molar-refractivity contribution is -0.139. The van der Waals surface area contributed by atoms with Gasteiger partial charge in [-0.1, -0.05) is 6.92 Å². The average molecular weight is 333 g/mol. The molecule has 2 N–H and O–H groups in total. The fourth-order valence-corrected chi connectivity index (χ4v) is 2.90. The molecule has 0 aliphatic rings. The van der Waals surface area contributed by atoms with Gasteiger partial charge >= 0.3 is 6.18 Å². The van der Waals surface area contributed by atoms with Crippen molar-refractivity contribution in [3.05, 3.63) is 30.2 Å². The van der Waals surface area contributed by atoms with Gasteiger partial charge in [0.15, 0.2) is 0 Å². The monoisotopic (exact) mass is 333 g/mol. The summed E-state index contributed by atoms with van der Waals surface area (Å²) in [7, 11) is -1.40. The first kappa shape index (κ1) is 17.0. The van der Waals surface area contributed by atoms with E-state index in [1.807, 2.05) is 6.92 Å². The number of nitrogens with two attached hydrogens (primary N) is 1. The van der Waals surface area contributed by atoms with E-state index in [-0.39, 0.29) is 11.2 Å². The molecule has 0 radical (unpaired) electrons. The van der Waals surface area contributed by atoms with E-state index in [0.29, 0.717) is 17.3 Å². The summed E-state index contributed by atoms with van der Waals surface area (Å²) >= 11 is 0. The van der Waals surface area contributed by atoms with Crippen LogP contribution in [-0.2, 0) is 17.5 Å². The normalized spacial score (nSPS) is 16.6. The molecule has 8 heteroatoms. The van der Waals surface area contributed by atoms with Crippen LogP contribution in [0.25, 0.3) is 10.9 Å². The SMILES string of the molecule is CC(C[C@@H](C)c1cc2ccn(CC(F)(F)F)c2cn1)S(N)=O. The molecule has 0 saturated heterocycles. The topological polar surface area (TPSA) is 60.9 Å². The highest BCUT2D eigenvalue weighted by Crippen LogP contribution is 2.26. The standard InChI is InChI=1S/C14H18F3N3OS/c1-9(5-10(2)22(18)21)12-6-11-3-4-20(8-14(15,16)17)13(11)7-19-12/h3-4,6-7,9-10H,5,8,18H2,1-2H3/t9-,10?,22?/m1/s1. The fourth-order valence-electron chi connectivity index (χ4n) is 2.42. The fraction of sp³-hybridized carbons (Fsp3) is 0.500. The molecular formula is C14H18F3N3OS. The average Bonchev–Trinajstić information content (AvgIpc) is 2.79. The number of hydrogen-bond donors (Lipinski definition) is 1. The Morgan fingerprint density at radius 2 is 2.09 bits per heavy atom. The van der Waals surface area contributed by atoms with Gasteiger partial charge in [-0.25, -0.2) is 4.21 Å². The van der Waals surface area contributed by atoms with Crippen molar-refractivity contribution in [3.8, 4) is 0 Å². The van der Waals surface area contributed by atoms with Gasteiger partial charge in [0, 0.05) is 22.5 Å². The molecule has 122 valence electrons. The van der Waals surface area contributed by atoms with E-state index in [2.05, 4.69) is 4.98 Å². The number of aromatic nitrogens is 2. The molecule has 4 nitrogen and oxygen atoms in total. The van der Waals surface area contributed by atoms with Gasteiger partial charge in [0.2, 0.25) is 0 Å². The molecule has 2 rings (SSSR count).